The van der Waals surface area contributed by atoms with Gasteiger partial charge in [0.05, 0.1) is 29.9 Å². The first-order valence-corrected chi connectivity index (χ1v) is 9.75. The highest BCUT2D eigenvalue weighted by Gasteiger charge is 2.24. The Balaban J connectivity index is 1.81. The number of rotatable bonds is 5. The quantitative estimate of drug-likeness (QED) is 0.481. The molecular weight excluding hydrogens is 402 g/mol. The number of anilines is 1. The lowest BCUT2D eigenvalue weighted by Gasteiger charge is -2.24. The Labute approximate surface area is 178 Å². The van der Waals surface area contributed by atoms with Crippen molar-refractivity contribution in [2.45, 2.75) is 20.4 Å². The van der Waals surface area contributed by atoms with E-state index in [-0.39, 0.29) is 12.5 Å². The van der Waals surface area contributed by atoms with Gasteiger partial charge in [0, 0.05) is 11.4 Å². The molecule has 0 radical (unpaired) electrons. The van der Waals surface area contributed by atoms with Crippen LogP contribution in [0, 0.1) is 13.8 Å². The Morgan fingerprint density at radius 2 is 1.83 bits per heavy atom. The number of methoxy groups -OCH3 is 1. The molecule has 8 heteroatoms. The van der Waals surface area contributed by atoms with E-state index >= 15 is 0 Å². The third-order valence-electron chi connectivity index (χ3n) is 4.69. The molecule has 0 aliphatic heterocycles. The molecule has 152 valence electrons. The van der Waals surface area contributed by atoms with Gasteiger partial charge in [-0.25, -0.2) is 9.50 Å². The van der Waals surface area contributed by atoms with Crippen molar-refractivity contribution < 1.29 is 9.53 Å². The van der Waals surface area contributed by atoms with Crippen LogP contribution < -0.4 is 9.64 Å². The second kappa shape index (κ2) is 8.12. The van der Waals surface area contributed by atoms with Gasteiger partial charge in [-0.2, -0.15) is 4.98 Å². The number of fused-ring (bicyclic) bond motifs is 1. The summed E-state index contributed by atoms with van der Waals surface area (Å²) in [5.74, 6) is 1.24. The van der Waals surface area contributed by atoms with Gasteiger partial charge in [0.1, 0.15) is 5.75 Å². The number of benzene rings is 2. The minimum atomic E-state index is -0.273. The van der Waals surface area contributed by atoms with Gasteiger partial charge < -0.3 is 4.74 Å². The number of aryl methyl sites for hydroxylation is 2. The van der Waals surface area contributed by atoms with E-state index in [1.165, 1.54) is 0 Å². The van der Waals surface area contributed by atoms with Crippen molar-refractivity contribution in [3.63, 3.8) is 0 Å². The molecule has 1 amide bonds. The maximum atomic E-state index is 13.5. The Kier molecular flexibility index (Phi) is 5.37. The summed E-state index contributed by atoms with van der Waals surface area (Å²) in [6.07, 6.45) is 0. The maximum absolute atomic E-state index is 13.5. The number of nitrogens with zero attached hydrogens (tertiary/aromatic N) is 5. The summed E-state index contributed by atoms with van der Waals surface area (Å²) in [5.41, 5.74) is 2.76. The first-order chi connectivity index (χ1) is 14.5. The van der Waals surface area contributed by atoms with Crippen molar-refractivity contribution in [1.82, 2.24) is 19.6 Å². The van der Waals surface area contributed by atoms with E-state index in [1.54, 1.807) is 46.9 Å². The standard InChI is InChI=1S/C22H20ClN5O2/c1-14-12-15(2)28-22(24-14)25-20(26-28)13-27(18-10-6-7-11-19(18)30-3)21(29)16-8-4-5-9-17(16)23/h4-12H,13H2,1-3H3. The monoisotopic (exact) mass is 421 g/mol. The number of carbonyl (C=O) groups excluding carboxylic acids is 1. The Hall–Kier alpha value is -3.45. The normalized spacial score (nSPS) is 10.9. The zero-order valence-corrected chi connectivity index (χ0v) is 17.6. The minimum absolute atomic E-state index is 0.131. The molecule has 7 nitrogen and oxygen atoms in total. The maximum Gasteiger partial charge on any atom is 0.260 e. The van der Waals surface area contributed by atoms with E-state index < -0.39 is 0 Å². The van der Waals surface area contributed by atoms with Crippen LogP contribution in [0.1, 0.15) is 27.6 Å². The molecule has 0 spiro atoms. The van der Waals surface area contributed by atoms with Crippen LogP contribution in [0.25, 0.3) is 5.78 Å². The average Bonchev–Trinajstić information content (AvgIpc) is 3.15. The van der Waals surface area contributed by atoms with Crippen LogP contribution in [0.15, 0.2) is 54.6 Å². The molecule has 4 rings (SSSR count). The molecule has 2 heterocycles. The zero-order valence-electron chi connectivity index (χ0n) is 16.8. The summed E-state index contributed by atoms with van der Waals surface area (Å²) in [4.78, 5) is 24.0. The van der Waals surface area contributed by atoms with Gasteiger partial charge in [-0.15, -0.1) is 5.10 Å². The van der Waals surface area contributed by atoms with Crippen LogP contribution in [0.2, 0.25) is 5.02 Å². The predicted molar refractivity (Wildman–Crippen MR) is 115 cm³/mol. The molecule has 2 aromatic carbocycles. The number of hydrogen-bond donors (Lipinski definition) is 0. The lowest BCUT2D eigenvalue weighted by Crippen LogP contribution is -2.31. The summed E-state index contributed by atoms with van der Waals surface area (Å²) in [6.45, 7) is 3.97. The van der Waals surface area contributed by atoms with Crippen molar-refractivity contribution in [2.75, 3.05) is 12.0 Å². The number of hydrogen-bond acceptors (Lipinski definition) is 5. The summed E-state index contributed by atoms with van der Waals surface area (Å²) in [6, 6.07) is 16.2. The van der Waals surface area contributed by atoms with Gasteiger partial charge in [-0.05, 0) is 44.2 Å². The van der Waals surface area contributed by atoms with Crippen LogP contribution >= 0.6 is 11.6 Å². The SMILES string of the molecule is COc1ccccc1N(Cc1nc2nc(C)cc(C)n2n1)C(=O)c1ccccc1Cl. The molecule has 0 unspecified atom stereocenters. The van der Waals surface area contributed by atoms with E-state index in [0.29, 0.717) is 33.6 Å². The fraction of sp³-hybridized carbons (Fsp3) is 0.182. The van der Waals surface area contributed by atoms with Gasteiger partial charge in [0.25, 0.3) is 11.7 Å². The molecule has 0 fully saturated rings. The molecule has 0 saturated carbocycles. The second-order valence-electron chi connectivity index (χ2n) is 6.82. The van der Waals surface area contributed by atoms with Crippen LogP contribution in [0.3, 0.4) is 0 Å². The third-order valence-corrected chi connectivity index (χ3v) is 5.02. The summed E-state index contributed by atoms with van der Waals surface area (Å²) >= 11 is 6.31. The highest BCUT2D eigenvalue weighted by Crippen LogP contribution is 2.31. The molecule has 0 aliphatic rings. The number of ether oxygens (including phenoxy) is 1. The fourth-order valence-electron chi connectivity index (χ4n) is 3.32. The van der Waals surface area contributed by atoms with Gasteiger partial charge in [-0.1, -0.05) is 35.9 Å². The second-order valence-corrected chi connectivity index (χ2v) is 7.23. The third kappa shape index (κ3) is 3.71. The smallest absolute Gasteiger partial charge is 0.260 e. The van der Waals surface area contributed by atoms with E-state index in [2.05, 4.69) is 15.1 Å². The number of amides is 1. The number of halogens is 1. The first kappa shape index (κ1) is 19.8. The van der Waals surface area contributed by atoms with Crippen molar-refractivity contribution >= 4 is 29.0 Å². The molecule has 0 aliphatic carbocycles. The van der Waals surface area contributed by atoms with Gasteiger partial charge in [-0.3, -0.25) is 9.69 Å². The van der Waals surface area contributed by atoms with Crippen molar-refractivity contribution in [1.29, 1.82) is 0 Å². The molecule has 0 saturated heterocycles. The molecular formula is C22H20ClN5O2. The number of para-hydroxylation sites is 2. The van der Waals surface area contributed by atoms with Gasteiger partial charge in [0.15, 0.2) is 5.82 Å². The van der Waals surface area contributed by atoms with E-state index in [9.17, 15) is 4.79 Å². The van der Waals surface area contributed by atoms with Crippen LogP contribution in [0.4, 0.5) is 5.69 Å². The summed E-state index contributed by atoms with van der Waals surface area (Å²) < 4.78 is 7.16. The summed E-state index contributed by atoms with van der Waals surface area (Å²) in [5, 5.41) is 4.92. The van der Waals surface area contributed by atoms with Crippen molar-refractivity contribution in [2.24, 2.45) is 0 Å². The Morgan fingerprint density at radius 1 is 1.10 bits per heavy atom. The highest BCUT2D eigenvalue weighted by molar-refractivity contribution is 6.34. The van der Waals surface area contributed by atoms with Crippen LogP contribution in [0.5, 0.6) is 5.75 Å². The van der Waals surface area contributed by atoms with Crippen molar-refractivity contribution in [3.05, 3.63) is 82.4 Å². The highest BCUT2D eigenvalue weighted by atomic mass is 35.5. The molecule has 0 N–H and O–H groups in total. The van der Waals surface area contributed by atoms with Crippen molar-refractivity contribution in [3.8, 4) is 5.75 Å². The Bertz CT molecular complexity index is 1240. The molecule has 0 bridgehead atoms. The van der Waals surface area contributed by atoms with E-state index in [1.807, 2.05) is 38.1 Å². The van der Waals surface area contributed by atoms with Gasteiger partial charge >= 0.3 is 0 Å². The topological polar surface area (TPSA) is 72.6 Å². The number of carbonyl (C=O) groups is 1. The Morgan fingerprint density at radius 3 is 2.60 bits per heavy atom. The minimum Gasteiger partial charge on any atom is -0.495 e. The van der Waals surface area contributed by atoms with E-state index in [4.69, 9.17) is 16.3 Å². The number of aromatic nitrogens is 4. The molecule has 0 atom stereocenters. The van der Waals surface area contributed by atoms with Crippen LogP contribution in [-0.2, 0) is 6.54 Å². The van der Waals surface area contributed by atoms with Gasteiger partial charge in [0.2, 0.25) is 0 Å². The predicted octanol–water partition coefficient (Wildman–Crippen LogP) is 4.25. The van der Waals surface area contributed by atoms with Crippen LogP contribution in [-0.4, -0.2) is 32.6 Å². The zero-order chi connectivity index (χ0) is 21.3. The molecule has 30 heavy (non-hydrogen) atoms. The lowest BCUT2D eigenvalue weighted by atomic mass is 10.1. The molecule has 2 aromatic heterocycles. The molecule has 4 aromatic rings. The largest absolute Gasteiger partial charge is 0.495 e. The lowest BCUT2D eigenvalue weighted by molar-refractivity contribution is 0.0984. The summed E-state index contributed by atoms with van der Waals surface area (Å²) in [7, 11) is 1.57. The average molecular weight is 422 g/mol. The first-order valence-electron chi connectivity index (χ1n) is 9.37. The fourth-order valence-corrected chi connectivity index (χ4v) is 3.53. The van der Waals surface area contributed by atoms with E-state index in [0.717, 1.165) is 11.4 Å².